The molecule has 1 atom stereocenters. The number of nitrogens with zero attached hydrogens (tertiary/aromatic N) is 3. The number of aromatic nitrogens is 1. The lowest BCUT2D eigenvalue weighted by molar-refractivity contribution is -0.389. The maximum Gasteiger partial charge on any atom is 0.363 e. The van der Waals surface area contributed by atoms with Gasteiger partial charge in [0, 0.05) is 25.2 Å². The van der Waals surface area contributed by atoms with Crippen LogP contribution in [0.25, 0.3) is 0 Å². The Hall–Kier alpha value is -1.69. The molecule has 1 aliphatic heterocycles. The highest BCUT2D eigenvalue weighted by atomic mass is 16.6. The zero-order chi connectivity index (χ0) is 13.1. The van der Waals surface area contributed by atoms with Crippen molar-refractivity contribution in [3.8, 4) is 0 Å². The van der Waals surface area contributed by atoms with Crippen LogP contribution < -0.4 is 10.6 Å². The molecule has 1 saturated heterocycles. The Morgan fingerprint density at radius 2 is 2.17 bits per heavy atom. The predicted octanol–water partition coefficient (Wildman–Crippen LogP) is 1.55. The Kier molecular flexibility index (Phi) is 3.76. The van der Waals surface area contributed by atoms with E-state index in [0.29, 0.717) is 5.92 Å². The molecule has 0 radical (unpaired) electrons. The van der Waals surface area contributed by atoms with Gasteiger partial charge in [-0.3, -0.25) is 0 Å². The van der Waals surface area contributed by atoms with E-state index in [9.17, 15) is 10.1 Å². The second kappa shape index (κ2) is 5.30. The molecule has 0 saturated carbocycles. The van der Waals surface area contributed by atoms with E-state index in [4.69, 9.17) is 5.73 Å². The molecular formula is C12H18N4O2. The van der Waals surface area contributed by atoms with Crippen molar-refractivity contribution in [3.05, 3.63) is 28.4 Å². The minimum atomic E-state index is -0.480. The lowest BCUT2D eigenvalue weighted by Gasteiger charge is -2.34. The average Bonchev–Trinajstić information content (AvgIpc) is 2.39. The summed E-state index contributed by atoms with van der Waals surface area (Å²) in [6.07, 6.45) is 3.70. The number of hydrogen-bond donors (Lipinski definition) is 1. The van der Waals surface area contributed by atoms with E-state index in [2.05, 4.69) is 9.88 Å². The zero-order valence-electron chi connectivity index (χ0n) is 10.5. The Bertz CT molecular complexity index is 411. The molecule has 2 heterocycles. The van der Waals surface area contributed by atoms with Crippen LogP contribution in [-0.4, -0.2) is 29.0 Å². The molecule has 6 nitrogen and oxygen atoms in total. The van der Waals surface area contributed by atoms with E-state index >= 15 is 0 Å². The molecule has 1 aromatic heterocycles. The van der Waals surface area contributed by atoms with Gasteiger partial charge in [0.1, 0.15) is 0 Å². The van der Waals surface area contributed by atoms with Crippen molar-refractivity contribution >= 4 is 11.5 Å². The van der Waals surface area contributed by atoms with Crippen molar-refractivity contribution in [2.24, 2.45) is 11.7 Å². The number of hydrogen-bond acceptors (Lipinski definition) is 5. The van der Waals surface area contributed by atoms with E-state index in [1.807, 2.05) is 6.92 Å². The maximum absolute atomic E-state index is 10.5. The van der Waals surface area contributed by atoms with E-state index in [1.54, 1.807) is 12.3 Å². The van der Waals surface area contributed by atoms with Crippen molar-refractivity contribution < 1.29 is 4.92 Å². The summed E-state index contributed by atoms with van der Waals surface area (Å²) in [6, 6.07) is 3.45. The highest BCUT2D eigenvalue weighted by molar-refractivity contribution is 5.46. The van der Waals surface area contributed by atoms with Crippen LogP contribution in [-0.2, 0) is 0 Å². The fraction of sp³-hybridized carbons (Fsp3) is 0.583. The second-order valence-corrected chi connectivity index (χ2v) is 4.82. The van der Waals surface area contributed by atoms with Gasteiger partial charge in [-0.05, 0) is 41.7 Å². The zero-order valence-corrected chi connectivity index (χ0v) is 10.5. The van der Waals surface area contributed by atoms with Crippen molar-refractivity contribution in [1.82, 2.24) is 4.98 Å². The van der Waals surface area contributed by atoms with Gasteiger partial charge in [0.15, 0.2) is 6.20 Å². The standard InChI is InChI=1S/C12H18N4O2/c1-9(13)10-4-6-15(7-5-10)11-2-3-12(14-8-11)16(17)18/h2-3,8-10H,4-7,13H2,1H3. The van der Waals surface area contributed by atoms with E-state index < -0.39 is 4.92 Å². The third kappa shape index (κ3) is 2.76. The molecule has 0 spiro atoms. The largest absolute Gasteiger partial charge is 0.368 e. The third-order valence-corrected chi connectivity index (χ3v) is 3.57. The molecule has 0 bridgehead atoms. The van der Waals surface area contributed by atoms with Gasteiger partial charge in [0.2, 0.25) is 0 Å². The van der Waals surface area contributed by atoms with Crippen LogP contribution in [0.1, 0.15) is 19.8 Å². The quantitative estimate of drug-likeness (QED) is 0.650. The summed E-state index contributed by atoms with van der Waals surface area (Å²) in [4.78, 5) is 16.1. The van der Waals surface area contributed by atoms with Crippen LogP contribution in [0.4, 0.5) is 11.5 Å². The molecule has 1 aliphatic rings. The molecule has 98 valence electrons. The summed E-state index contributed by atoms with van der Waals surface area (Å²) in [7, 11) is 0. The van der Waals surface area contributed by atoms with Crippen LogP contribution >= 0.6 is 0 Å². The molecule has 18 heavy (non-hydrogen) atoms. The summed E-state index contributed by atoms with van der Waals surface area (Å²) in [5.74, 6) is 0.469. The molecule has 0 aromatic carbocycles. The van der Waals surface area contributed by atoms with Gasteiger partial charge in [0.25, 0.3) is 0 Å². The second-order valence-electron chi connectivity index (χ2n) is 4.82. The monoisotopic (exact) mass is 250 g/mol. The summed E-state index contributed by atoms with van der Waals surface area (Å²) in [6.45, 7) is 3.92. The first-order chi connectivity index (χ1) is 8.58. The Labute approximate surface area is 106 Å². The highest BCUT2D eigenvalue weighted by Crippen LogP contribution is 2.24. The molecule has 1 fully saturated rings. The summed E-state index contributed by atoms with van der Waals surface area (Å²) >= 11 is 0. The normalized spacial score (nSPS) is 18.7. The number of nitro groups is 1. The van der Waals surface area contributed by atoms with Gasteiger partial charge in [-0.1, -0.05) is 0 Å². The van der Waals surface area contributed by atoms with Crippen LogP contribution in [0.5, 0.6) is 0 Å². The van der Waals surface area contributed by atoms with Gasteiger partial charge in [-0.15, -0.1) is 0 Å². The SMILES string of the molecule is CC(N)C1CCN(c2ccc([N+](=O)[O-])nc2)CC1. The molecule has 2 rings (SSSR count). The van der Waals surface area contributed by atoms with E-state index in [-0.39, 0.29) is 11.9 Å². The highest BCUT2D eigenvalue weighted by Gasteiger charge is 2.22. The van der Waals surface area contributed by atoms with Gasteiger partial charge in [0.05, 0.1) is 5.69 Å². The third-order valence-electron chi connectivity index (χ3n) is 3.57. The van der Waals surface area contributed by atoms with Crippen LogP contribution in [0.3, 0.4) is 0 Å². The van der Waals surface area contributed by atoms with Crippen molar-refractivity contribution in [2.45, 2.75) is 25.8 Å². The molecule has 1 aromatic rings. The van der Waals surface area contributed by atoms with Gasteiger partial charge in [-0.25, -0.2) is 0 Å². The first-order valence-corrected chi connectivity index (χ1v) is 6.19. The lowest BCUT2D eigenvalue weighted by Crippen LogP contribution is -2.39. The lowest BCUT2D eigenvalue weighted by atomic mass is 9.91. The Morgan fingerprint density at radius 1 is 1.50 bits per heavy atom. The van der Waals surface area contributed by atoms with Gasteiger partial charge in [-0.2, -0.15) is 0 Å². The maximum atomic E-state index is 10.5. The number of pyridine rings is 1. The first kappa shape index (κ1) is 12.8. The molecule has 2 N–H and O–H groups in total. The summed E-state index contributed by atoms with van der Waals surface area (Å²) in [5.41, 5.74) is 6.85. The molecule has 6 heteroatoms. The topological polar surface area (TPSA) is 85.3 Å². The van der Waals surface area contributed by atoms with Gasteiger partial charge < -0.3 is 20.7 Å². The minimum Gasteiger partial charge on any atom is -0.368 e. The predicted molar refractivity (Wildman–Crippen MR) is 69.5 cm³/mol. The smallest absolute Gasteiger partial charge is 0.363 e. The minimum absolute atomic E-state index is 0.107. The van der Waals surface area contributed by atoms with Crippen LogP contribution in [0.2, 0.25) is 0 Å². The number of rotatable bonds is 3. The van der Waals surface area contributed by atoms with E-state index in [0.717, 1.165) is 31.6 Å². The Balaban J connectivity index is 1.99. The summed E-state index contributed by atoms with van der Waals surface area (Å²) in [5, 5.41) is 10.5. The van der Waals surface area contributed by atoms with Crippen molar-refractivity contribution in [2.75, 3.05) is 18.0 Å². The van der Waals surface area contributed by atoms with Crippen molar-refractivity contribution in [1.29, 1.82) is 0 Å². The molecular weight excluding hydrogens is 232 g/mol. The number of nitrogens with two attached hydrogens (primary N) is 1. The Morgan fingerprint density at radius 3 is 2.61 bits per heavy atom. The number of anilines is 1. The van der Waals surface area contributed by atoms with Crippen LogP contribution in [0, 0.1) is 16.0 Å². The summed E-state index contributed by atoms with van der Waals surface area (Å²) < 4.78 is 0. The van der Waals surface area contributed by atoms with Gasteiger partial charge >= 0.3 is 5.82 Å². The fourth-order valence-electron chi connectivity index (χ4n) is 2.36. The molecule has 0 amide bonds. The first-order valence-electron chi connectivity index (χ1n) is 6.19. The van der Waals surface area contributed by atoms with Crippen LogP contribution in [0.15, 0.2) is 18.3 Å². The number of piperidine rings is 1. The molecule has 1 unspecified atom stereocenters. The van der Waals surface area contributed by atoms with Crippen molar-refractivity contribution in [3.63, 3.8) is 0 Å². The van der Waals surface area contributed by atoms with E-state index in [1.165, 1.54) is 6.07 Å². The average molecular weight is 250 g/mol. The fourth-order valence-corrected chi connectivity index (χ4v) is 2.36. The molecule has 0 aliphatic carbocycles.